The summed E-state index contributed by atoms with van der Waals surface area (Å²) < 4.78 is 21.4. The standard InChI is InChI=1S/C17H24N2O4/c1-20-15-10-14(11-16(21-2)17(15)22-3)13(12-18)4-5-19-6-8-23-9-7-19/h10-11,13H,4-9H2,1-3H3. The second kappa shape index (κ2) is 8.61. The number of benzene rings is 1. The zero-order valence-corrected chi connectivity index (χ0v) is 14.0. The smallest absolute Gasteiger partial charge is 0.203 e. The Morgan fingerprint density at radius 3 is 2.22 bits per heavy atom. The fourth-order valence-electron chi connectivity index (χ4n) is 2.74. The number of methoxy groups -OCH3 is 3. The lowest BCUT2D eigenvalue weighted by Gasteiger charge is -2.27. The van der Waals surface area contributed by atoms with Gasteiger partial charge in [0, 0.05) is 13.1 Å². The summed E-state index contributed by atoms with van der Waals surface area (Å²) in [6.07, 6.45) is 0.759. The molecule has 0 spiro atoms. The molecule has 1 unspecified atom stereocenters. The summed E-state index contributed by atoms with van der Waals surface area (Å²) in [4.78, 5) is 2.33. The van der Waals surface area contributed by atoms with Crippen LogP contribution in [0.25, 0.3) is 0 Å². The summed E-state index contributed by atoms with van der Waals surface area (Å²) >= 11 is 0. The molecule has 23 heavy (non-hydrogen) atoms. The van der Waals surface area contributed by atoms with Crippen molar-refractivity contribution in [3.63, 3.8) is 0 Å². The van der Waals surface area contributed by atoms with Gasteiger partial charge >= 0.3 is 0 Å². The summed E-state index contributed by atoms with van der Waals surface area (Å²) in [6.45, 7) is 4.25. The van der Waals surface area contributed by atoms with Gasteiger partial charge in [-0.2, -0.15) is 5.26 Å². The van der Waals surface area contributed by atoms with E-state index in [1.54, 1.807) is 21.3 Å². The first kappa shape index (κ1) is 17.4. The van der Waals surface area contributed by atoms with Crippen LogP contribution >= 0.6 is 0 Å². The number of ether oxygens (including phenoxy) is 4. The molecule has 1 fully saturated rings. The molecule has 1 heterocycles. The molecule has 0 aromatic heterocycles. The molecule has 2 rings (SSSR count). The minimum Gasteiger partial charge on any atom is -0.493 e. The summed E-state index contributed by atoms with van der Waals surface area (Å²) in [5, 5.41) is 9.56. The van der Waals surface area contributed by atoms with Gasteiger partial charge in [0.05, 0.1) is 46.5 Å². The molecule has 0 amide bonds. The van der Waals surface area contributed by atoms with Gasteiger partial charge in [-0.15, -0.1) is 0 Å². The van der Waals surface area contributed by atoms with Gasteiger partial charge < -0.3 is 18.9 Å². The molecule has 6 nitrogen and oxygen atoms in total. The van der Waals surface area contributed by atoms with E-state index >= 15 is 0 Å². The quantitative estimate of drug-likeness (QED) is 0.766. The molecule has 0 N–H and O–H groups in total. The van der Waals surface area contributed by atoms with Crippen molar-refractivity contribution < 1.29 is 18.9 Å². The molecule has 1 aliphatic rings. The molecule has 126 valence electrons. The van der Waals surface area contributed by atoms with E-state index in [4.69, 9.17) is 18.9 Å². The van der Waals surface area contributed by atoms with Gasteiger partial charge in [0.1, 0.15) is 0 Å². The highest BCUT2D eigenvalue weighted by molar-refractivity contribution is 5.55. The molecule has 1 aromatic rings. The number of hydrogen-bond donors (Lipinski definition) is 0. The molecule has 0 bridgehead atoms. The summed E-state index contributed by atoms with van der Waals surface area (Å²) in [7, 11) is 4.73. The highest BCUT2D eigenvalue weighted by atomic mass is 16.5. The van der Waals surface area contributed by atoms with Crippen LogP contribution in [-0.2, 0) is 4.74 Å². The summed E-state index contributed by atoms with van der Waals surface area (Å²) in [5.41, 5.74) is 0.884. The van der Waals surface area contributed by atoms with Crippen LogP contribution in [0.4, 0.5) is 0 Å². The van der Waals surface area contributed by atoms with Crippen LogP contribution in [0.5, 0.6) is 17.2 Å². The first-order chi connectivity index (χ1) is 11.2. The lowest BCUT2D eigenvalue weighted by molar-refractivity contribution is 0.0371. The van der Waals surface area contributed by atoms with E-state index in [0.29, 0.717) is 17.2 Å². The van der Waals surface area contributed by atoms with E-state index in [1.165, 1.54) is 0 Å². The number of morpholine rings is 1. The van der Waals surface area contributed by atoms with Gasteiger partial charge in [0.2, 0.25) is 5.75 Å². The Balaban J connectivity index is 2.15. The van der Waals surface area contributed by atoms with Crippen LogP contribution in [0, 0.1) is 11.3 Å². The van der Waals surface area contributed by atoms with E-state index in [9.17, 15) is 5.26 Å². The van der Waals surface area contributed by atoms with Crippen LogP contribution in [0.1, 0.15) is 17.9 Å². The van der Waals surface area contributed by atoms with Crippen molar-refractivity contribution in [2.45, 2.75) is 12.3 Å². The Bertz CT molecular complexity index is 525. The van der Waals surface area contributed by atoms with Crippen molar-refractivity contribution in [2.75, 3.05) is 54.2 Å². The summed E-state index contributed by atoms with van der Waals surface area (Å²) in [5.74, 6) is 1.48. The van der Waals surface area contributed by atoms with Crippen molar-refractivity contribution in [1.29, 1.82) is 5.26 Å². The van der Waals surface area contributed by atoms with Crippen LogP contribution in [0.2, 0.25) is 0 Å². The Labute approximate surface area is 137 Å². The maximum atomic E-state index is 9.56. The number of hydrogen-bond acceptors (Lipinski definition) is 6. The van der Waals surface area contributed by atoms with E-state index in [2.05, 4.69) is 11.0 Å². The molecular weight excluding hydrogens is 296 g/mol. The average Bonchev–Trinajstić information content (AvgIpc) is 2.62. The number of nitriles is 1. The van der Waals surface area contributed by atoms with Gasteiger partial charge in [-0.1, -0.05) is 0 Å². The van der Waals surface area contributed by atoms with Gasteiger partial charge in [-0.05, 0) is 30.7 Å². The van der Waals surface area contributed by atoms with E-state index in [1.807, 2.05) is 12.1 Å². The average molecular weight is 320 g/mol. The maximum Gasteiger partial charge on any atom is 0.203 e. The Kier molecular flexibility index (Phi) is 6.51. The van der Waals surface area contributed by atoms with Crippen molar-refractivity contribution in [3.8, 4) is 23.3 Å². The lowest BCUT2D eigenvalue weighted by Crippen LogP contribution is -2.37. The predicted octanol–water partition coefficient (Wildman–Crippen LogP) is 2.04. The van der Waals surface area contributed by atoms with Crippen LogP contribution < -0.4 is 14.2 Å². The normalized spacial score (nSPS) is 16.4. The van der Waals surface area contributed by atoms with Crippen LogP contribution in [0.3, 0.4) is 0 Å². The highest BCUT2D eigenvalue weighted by Gasteiger charge is 2.20. The van der Waals surface area contributed by atoms with Crippen molar-refractivity contribution in [3.05, 3.63) is 17.7 Å². The van der Waals surface area contributed by atoms with Gasteiger partial charge in [0.15, 0.2) is 11.5 Å². The fourth-order valence-corrected chi connectivity index (χ4v) is 2.74. The third-order valence-corrected chi connectivity index (χ3v) is 4.08. The molecule has 1 aromatic carbocycles. The maximum absolute atomic E-state index is 9.56. The predicted molar refractivity (Wildman–Crippen MR) is 86.3 cm³/mol. The first-order valence-electron chi connectivity index (χ1n) is 7.73. The van der Waals surface area contributed by atoms with E-state index in [0.717, 1.165) is 44.8 Å². The third-order valence-electron chi connectivity index (χ3n) is 4.08. The van der Waals surface area contributed by atoms with Crippen molar-refractivity contribution >= 4 is 0 Å². The van der Waals surface area contributed by atoms with E-state index in [-0.39, 0.29) is 5.92 Å². The Hall–Kier alpha value is -1.97. The zero-order chi connectivity index (χ0) is 16.7. The summed E-state index contributed by atoms with van der Waals surface area (Å²) in [6, 6.07) is 6.10. The van der Waals surface area contributed by atoms with Crippen molar-refractivity contribution in [2.24, 2.45) is 0 Å². The first-order valence-corrected chi connectivity index (χ1v) is 7.73. The second-order valence-corrected chi connectivity index (χ2v) is 5.38. The van der Waals surface area contributed by atoms with Gasteiger partial charge in [0.25, 0.3) is 0 Å². The topological polar surface area (TPSA) is 64.0 Å². The minimum atomic E-state index is -0.216. The molecular formula is C17H24N2O4. The zero-order valence-electron chi connectivity index (χ0n) is 14.0. The Morgan fingerprint density at radius 1 is 1.13 bits per heavy atom. The van der Waals surface area contributed by atoms with E-state index < -0.39 is 0 Å². The molecule has 0 radical (unpaired) electrons. The monoisotopic (exact) mass is 320 g/mol. The fraction of sp³-hybridized carbons (Fsp3) is 0.588. The minimum absolute atomic E-state index is 0.216. The molecule has 1 aliphatic heterocycles. The number of nitrogens with zero attached hydrogens (tertiary/aromatic N) is 2. The van der Waals surface area contributed by atoms with Gasteiger partial charge in [-0.3, -0.25) is 4.90 Å². The molecule has 1 saturated heterocycles. The third kappa shape index (κ3) is 4.27. The van der Waals surface area contributed by atoms with Crippen LogP contribution in [-0.4, -0.2) is 59.1 Å². The molecule has 0 aliphatic carbocycles. The SMILES string of the molecule is COc1cc(C(C#N)CCN2CCOCC2)cc(OC)c1OC. The highest BCUT2D eigenvalue weighted by Crippen LogP contribution is 2.40. The van der Waals surface area contributed by atoms with Crippen LogP contribution in [0.15, 0.2) is 12.1 Å². The Morgan fingerprint density at radius 2 is 1.74 bits per heavy atom. The van der Waals surface area contributed by atoms with Gasteiger partial charge in [-0.25, -0.2) is 0 Å². The second-order valence-electron chi connectivity index (χ2n) is 5.38. The molecule has 0 saturated carbocycles. The lowest BCUT2D eigenvalue weighted by atomic mass is 9.96. The largest absolute Gasteiger partial charge is 0.493 e. The van der Waals surface area contributed by atoms with Crippen molar-refractivity contribution in [1.82, 2.24) is 4.90 Å². The number of rotatable bonds is 7. The molecule has 6 heteroatoms. The molecule has 1 atom stereocenters.